The van der Waals surface area contributed by atoms with Crippen molar-refractivity contribution in [3.63, 3.8) is 0 Å². The van der Waals surface area contributed by atoms with Gasteiger partial charge in [0.1, 0.15) is 6.16 Å². The Morgan fingerprint density at radius 1 is 1.29 bits per heavy atom. The van der Waals surface area contributed by atoms with Crippen LogP contribution in [0.1, 0.15) is 15.9 Å². The highest BCUT2D eigenvalue weighted by molar-refractivity contribution is 7.54. The van der Waals surface area contributed by atoms with Gasteiger partial charge in [0.15, 0.2) is 5.78 Å². The van der Waals surface area contributed by atoms with E-state index < -0.39 is 7.60 Å². The molecular formula is C14H17N2O4P. The number of rotatable bonds is 7. The first-order valence-corrected chi connectivity index (χ1v) is 8.09. The average molecular weight is 308 g/mol. The number of hydrogen-bond acceptors (Lipinski definition) is 5. The fraction of sp³-hybridized carbons (Fsp3) is 0.286. The topological polar surface area (TPSA) is 70.4 Å². The minimum atomic E-state index is -3.34. The van der Waals surface area contributed by atoms with Gasteiger partial charge < -0.3 is 9.05 Å². The van der Waals surface area contributed by atoms with Crippen LogP contribution in [0.2, 0.25) is 0 Å². The molecule has 0 amide bonds. The maximum absolute atomic E-state index is 12.2. The molecule has 2 aromatic rings. The van der Waals surface area contributed by atoms with Gasteiger partial charge in [-0.2, -0.15) is 5.10 Å². The summed E-state index contributed by atoms with van der Waals surface area (Å²) in [7, 11) is -0.802. The van der Waals surface area contributed by atoms with E-state index in [-0.39, 0.29) is 11.9 Å². The van der Waals surface area contributed by atoms with Gasteiger partial charge in [-0.25, -0.2) is 0 Å². The van der Waals surface area contributed by atoms with Crippen molar-refractivity contribution in [1.29, 1.82) is 0 Å². The lowest BCUT2D eigenvalue weighted by molar-refractivity contribution is 0.101. The summed E-state index contributed by atoms with van der Waals surface area (Å²) in [6, 6.07) is 8.98. The third-order valence-electron chi connectivity index (χ3n) is 3.05. The summed E-state index contributed by atoms with van der Waals surface area (Å²) in [4.78, 5) is 12.2. The number of aromatic nitrogens is 2. The van der Waals surface area contributed by atoms with Gasteiger partial charge in [-0.1, -0.05) is 18.2 Å². The molecule has 0 N–H and O–H groups in total. The molecular weight excluding hydrogens is 291 g/mol. The van der Waals surface area contributed by atoms with Crippen LogP contribution in [0.5, 0.6) is 0 Å². The van der Waals surface area contributed by atoms with Crippen LogP contribution in [0.25, 0.3) is 0 Å². The van der Waals surface area contributed by atoms with Crippen LogP contribution in [-0.2, 0) is 20.2 Å². The summed E-state index contributed by atoms with van der Waals surface area (Å²) < 4.78 is 23.3. The quantitative estimate of drug-likeness (QED) is 0.581. The second kappa shape index (κ2) is 6.80. The number of ketones is 1. The largest absolute Gasteiger partial charge is 0.337 e. The number of carbonyl (C=O) groups is 1. The molecule has 1 aromatic heterocycles. The molecule has 7 heteroatoms. The van der Waals surface area contributed by atoms with Gasteiger partial charge in [0.05, 0.1) is 6.54 Å². The van der Waals surface area contributed by atoms with Crippen LogP contribution in [0.4, 0.5) is 0 Å². The molecule has 0 atom stereocenters. The van der Waals surface area contributed by atoms with Crippen molar-refractivity contribution < 1.29 is 18.4 Å². The smallest absolute Gasteiger partial charge is 0.312 e. The molecule has 21 heavy (non-hydrogen) atoms. The Kier molecular flexibility index (Phi) is 5.07. The van der Waals surface area contributed by atoms with E-state index in [0.717, 1.165) is 5.56 Å². The molecule has 1 heterocycles. The van der Waals surface area contributed by atoms with Crippen LogP contribution in [0.15, 0.2) is 42.7 Å². The van der Waals surface area contributed by atoms with Gasteiger partial charge in [0.25, 0.3) is 0 Å². The summed E-state index contributed by atoms with van der Waals surface area (Å²) in [5.41, 5.74) is 1.42. The highest BCUT2D eigenvalue weighted by Crippen LogP contribution is 2.46. The van der Waals surface area contributed by atoms with Crippen LogP contribution < -0.4 is 0 Å². The van der Waals surface area contributed by atoms with Crippen molar-refractivity contribution in [3.05, 3.63) is 53.9 Å². The molecule has 2 rings (SSSR count). The Hall–Kier alpha value is -1.75. The van der Waals surface area contributed by atoms with E-state index in [1.54, 1.807) is 29.1 Å². The Balaban J connectivity index is 2.13. The highest BCUT2D eigenvalue weighted by Gasteiger charge is 2.26. The third-order valence-corrected chi connectivity index (χ3v) is 4.83. The lowest BCUT2D eigenvalue weighted by Crippen LogP contribution is -2.09. The third kappa shape index (κ3) is 4.11. The predicted molar refractivity (Wildman–Crippen MR) is 78.6 cm³/mol. The van der Waals surface area contributed by atoms with E-state index in [9.17, 15) is 9.36 Å². The van der Waals surface area contributed by atoms with Crippen molar-refractivity contribution in [3.8, 4) is 0 Å². The minimum absolute atomic E-state index is 0.273. The SMILES string of the molecule is COP(=O)(CC(=O)c1cccc(Cn2cccn2)c1)OC. The average Bonchev–Trinajstić information content (AvgIpc) is 3.00. The van der Waals surface area contributed by atoms with Gasteiger partial charge in [-0.05, 0) is 17.7 Å². The van der Waals surface area contributed by atoms with E-state index in [1.807, 2.05) is 18.3 Å². The van der Waals surface area contributed by atoms with Crippen LogP contribution in [0.3, 0.4) is 0 Å². The summed E-state index contributed by atoms with van der Waals surface area (Å²) in [5, 5.41) is 4.12. The van der Waals surface area contributed by atoms with Crippen LogP contribution in [-0.4, -0.2) is 35.9 Å². The zero-order valence-electron chi connectivity index (χ0n) is 11.9. The summed E-state index contributed by atoms with van der Waals surface area (Å²) in [6.45, 7) is 0.570. The predicted octanol–water partition coefficient (Wildman–Crippen LogP) is 2.60. The molecule has 112 valence electrons. The van der Waals surface area contributed by atoms with Crippen molar-refractivity contribution in [2.24, 2.45) is 0 Å². The fourth-order valence-electron chi connectivity index (χ4n) is 1.89. The lowest BCUT2D eigenvalue weighted by atomic mass is 10.1. The van der Waals surface area contributed by atoms with Crippen molar-refractivity contribution in [2.45, 2.75) is 6.54 Å². The maximum atomic E-state index is 12.2. The Morgan fingerprint density at radius 3 is 2.67 bits per heavy atom. The minimum Gasteiger partial charge on any atom is -0.312 e. The molecule has 0 saturated carbocycles. The fourth-order valence-corrected chi connectivity index (χ4v) is 2.84. The second-order valence-corrected chi connectivity index (χ2v) is 6.73. The van der Waals surface area contributed by atoms with E-state index in [2.05, 4.69) is 5.10 Å². The Labute approximate surface area is 123 Å². The number of hydrogen-bond donors (Lipinski definition) is 0. The summed E-state index contributed by atoms with van der Waals surface area (Å²) in [5.74, 6) is -0.274. The number of benzene rings is 1. The first-order chi connectivity index (χ1) is 10.1. The Morgan fingerprint density at radius 2 is 2.05 bits per heavy atom. The standard InChI is InChI=1S/C14H17N2O4P/c1-19-21(18,20-2)11-14(17)13-6-3-5-12(9-13)10-16-8-4-7-15-16/h3-9H,10-11H2,1-2H3. The second-order valence-electron chi connectivity index (χ2n) is 4.46. The van der Waals surface area contributed by atoms with E-state index >= 15 is 0 Å². The molecule has 0 fully saturated rings. The molecule has 0 bridgehead atoms. The molecule has 0 spiro atoms. The molecule has 0 radical (unpaired) electrons. The van der Waals surface area contributed by atoms with Crippen LogP contribution in [0, 0.1) is 0 Å². The molecule has 0 aliphatic carbocycles. The monoisotopic (exact) mass is 308 g/mol. The van der Waals surface area contributed by atoms with Crippen molar-refractivity contribution in [2.75, 3.05) is 20.4 Å². The first-order valence-electron chi connectivity index (χ1n) is 6.36. The van der Waals surface area contributed by atoms with Gasteiger partial charge in [0.2, 0.25) is 0 Å². The van der Waals surface area contributed by atoms with Crippen molar-refractivity contribution in [1.82, 2.24) is 9.78 Å². The number of nitrogens with zero attached hydrogens (tertiary/aromatic N) is 2. The van der Waals surface area contributed by atoms with Crippen LogP contribution >= 0.6 is 7.60 Å². The van der Waals surface area contributed by atoms with Crippen molar-refractivity contribution >= 4 is 13.4 Å². The number of carbonyl (C=O) groups excluding carboxylic acids is 1. The maximum Gasteiger partial charge on any atom is 0.337 e. The molecule has 0 aliphatic rings. The summed E-state index contributed by atoms with van der Waals surface area (Å²) >= 11 is 0. The zero-order valence-corrected chi connectivity index (χ0v) is 12.8. The molecule has 0 unspecified atom stereocenters. The zero-order chi connectivity index (χ0) is 15.3. The Bertz CT molecular complexity index is 647. The van der Waals surface area contributed by atoms with Gasteiger partial charge in [-0.15, -0.1) is 0 Å². The lowest BCUT2D eigenvalue weighted by Gasteiger charge is -2.12. The van der Waals surface area contributed by atoms with E-state index in [0.29, 0.717) is 12.1 Å². The summed E-state index contributed by atoms with van der Waals surface area (Å²) in [6.07, 6.45) is 3.27. The van der Waals surface area contributed by atoms with E-state index in [4.69, 9.17) is 9.05 Å². The molecule has 6 nitrogen and oxygen atoms in total. The molecule has 1 aromatic carbocycles. The highest BCUT2D eigenvalue weighted by atomic mass is 31.2. The first kappa shape index (κ1) is 15.6. The number of Topliss-reactive ketones (excluding diaryl/α,β-unsaturated/α-hetero) is 1. The molecule has 0 aliphatic heterocycles. The molecule has 0 saturated heterocycles. The van der Waals surface area contributed by atoms with Gasteiger partial charge in [-0.3, -0.25) is 14.0 Å². The van der Waals surface area contributed by atoms with Gasteiger partial charge in [0, 0.05) is 32.2 Å². The van der Waals surface area contributed by atoms with Gasteiger partial charge >= 0.3 is 7.60 Å². The van der Waals surface area contributed by atoms with E-state index in [1.165, 1.54) is 14.2 Å². The normalized spacial score (nSPS) is 11.5.